The number of furan rings is 1. The molecule has 9 rings (SSSR count). The predicted molar refractivity (Wildman–Crippen MR) is 270 cm³/mol. The van der Waals surface area contributed by atoms with E-state index in [-0.39, 0.29) is 16.2 Å². The second-order valence-electron chi connectivity index (χ2n) is 20.0. The Kier molecular flexibility index (Phi) is 10.6. The lowest BCUT2D eigenvalue weighted by molar-refractivity contribution is 0.589. The van der Waals surface area contributed by atoms with Gasteiger partial charge in [-0.25, -0.2) is 0 Å². The molecule has 9 aromatic rings. The smallest absolute Gasteiger partial charge is 0.137 e. The van der Waals surface area contributed by atoms with Crippen LogP contribution in [0.25, 0.3) is 44.2 Å². The topological polar surface area (TPSA) is 19.6 Å². The predicted octanol–water partition coefficient (Wildman–Crippen LogP) is 17.8. The Labute approximate surface area is 374 Å². The number of nitrogens with zero attached hydrogens (tertiary/aromatic N) is 2. The molecule has 0 radical (unpaired) electrons. The van der Waals surface area contributed by atoms with Crippen molar-refractivity contribution in [3.8, 4) is 22.3 Å². The molecule has 0 aliphatic rings. The van der Waals surface area contributed by atoms with E-state index >= 15 is 0 Å². The number of para-hydroxylation sites is 1. The maximum Gasteiger partial charge on any atom is 0.137 e. The first-order chi connectivity index (χ1) is 30.1. The number of anilines is 6. The lowest BCUT2D eigenvalue weighted by atomic mass is 9.83. The van der Waals surface area contributed by atoms with Crippen LogP contribution in [-0.4, -0.2) is 0 Å². The van der Waals surface area contributed by atoms with Crippen LogP contribution in [0.1, 0.15) is 79.0 Å². The summed E-state index contributed by atoms with van der Waals surface area (Å²) in [6.07, 6.45) is 0. The zero-order valence-electron chi connectivity index (χ0n) is 38.2. The van der Waals surface area contributed by atoms with Crippen molar-refractivity contribution in [2.24, 2.45) is 0 Å². The van der Waals surface area contributed by atoms with Gasteiger partial charge >= 0.3 is 0 Å². The molecule has 0 aliphatic heterocycles. The fourth-order valence-electron chi connectivity index (χ4n) is 8.68. The van der Waals surface area contributed by atoms with Crippen LogP contribution in [0.15, 0.2) is 192 Å². The quantitative estimate of drug-likeness (QED) is 0.152. The monoisotopic (exact) mass is 822 g/mol. The van der Waals surface area contributed by atoms with Gasteiger partial charge in [0.2, 0.25) is 0 Å². The number of benzene rings is 8. The molecule has 0 N–H and O–H groups in total. The minimum atomic E-state index is -0.198. The third-order valence-corrected chi connectivity index (χ3v) is 12.3. The average Bonchev–Trinajstić information content (AvgIpc) is 3.65. The van der Waals surface area contributed by atoms with Gasteiger partial charge in [0.15, 0.2) is 0 Å². The van der Waals surface area contributed by atoms with Crippen LogP contribution in [0.2, 0.25) is 0 Å². The van der Waals surface area contributed by atoms with Gasteiger partial charge in [-0.15, -0.1) is 0 Å². The standard InChI is InChI=1S/C60H58N2O/c1-58(2,3)44-27-31-47(32-28-44)61(49-24-18-23-43(37-49)41-19-12-10-13-20-41)53-38-46(60(7,8)9)39-54(57(53)42-21-14-11-15-22-42)62(48-33-29-45(30-34-48)59(4,5)6)50-35-36-52-51-25-16-17-26-55(51)63-56(52)40-50/h10-40H,1-9H3. The molecule has 0 saturated carbocycles. The molecule has 0 atom stereocenters. The Morgan fingerprint density at radius 2 is 0.762 bits per heavy atom. The van der Waals surface area contributed by atoms with Crippen molar-refractivity contribution in [3.05, 3.63) is 205 Å². The van der Waals surface area contributed by atoms with Crippen LogP contribution in [0.5, 0.6) is 0 Å². The maximum absolute atomic E-state index is 6.60. The summed E-state index contributed by atoms with van der Waals surface area (Å²) in [6, 6.07) is 68.8. The molecule has 0 saturated heterocycles. The first-order valence-corrected chi connectivity index (χ1v) is 22.3. The van der Waals surface area contributed by atoms with Crippen LogP contribution in [-0.2, 0) is 16.2 Å². The fraction of sp³-hybridized carbons (Fsp3) is 0.200. The van der Waals surface area contributed by atoms with Crippen LogP contribution < -0.4 is 9.80 Å². The van der Waals surface area contributed by atoms with Crippen molar-refractivity contribution >= 4 is 56.1 Å². The minimum absolute atomic E-state index is 0.00237. The normalized spacial score (nSPS) is 12.2. The summed E-state index contributed by atoms with van der Waals surface area (Å²) in [4.78, 5) is 4.92. The second-order valence-corrected chi connectivity index (χ2v) is 20.0. The third kappa shape index (κ3) is 8.29. The number of hydrogen-bond donors (Lipinski definition) is 0. The van der Waals surface area contributed by atoms with E-state index < -0.39 is 0 Å². The summed E-state index contributed by atoms with van der Waals surface area (Å²) in [5.74, 6) is 0. The van der Waals surface area contributed by atoms with E-state index in [1.807, 2.05) is 6.07 Å². The molecule has 3 heteroatoms. The van der Waals surface area contributed by atoms with Gasteiger partial charge in [0.05, 0.1) is 11.4 Å². The SMILES string of the molecule is CC(C)(C)c1ccc(N(c2cccc(-c3ccccc3)c2)c2cc(C(C)(C)C)cc(N(c3ccc(C(C)(C)C)cc3)c3ccc4c(c3)oc3ccccc34)c2-c2ccccc2)cc1. The number of hydrogen-bond acceptors (Lipinski definition) is 3. The molecular formula is C60H58N2O. The number of fused-ring (bicyclic) bond motifs is 3. The first kappa shape index (κ1) is 41.5. The van der Waals surface area contributed by atoms with Crippen molar-refractivity contribution in [1.82, 2.24) is 0 Å². The van der Waals surface area contributed by atoms with Crippen LogP contribution in [0.3, 0.4) is 0 Å². The van der Waals surface area contributed by atoms with Crippen molar-refractivity contribution in [1.29, 1.82) is 0 Å². The van der Waals surface area contributed by atoms with E-state index in [9.17, 15) is 0 Å². The third-order valence-electron chi connectivity index (χ3n) is 12.3. The molecule has 0 fully saturated rings. The molecular weight excluding hydrogens is 765 g/mol. The average molecular weight is 823 g/mol. The van der Waals surface area contributed by atoms with Crippen LogP contribution >= 0.6 is 0 Å². The fourth-order valence-corrected chi connectivity index (χ4v) is 8.68. The molecule has 1 aromatic heterocycles. The summed E-state index contributed by atoms with van der Waals surface area (Å²) in [7, 11) is 0. The summed E-state index contributed by atoms with van der Waals surface area (Å²) in [5.41, 5.74) is 16.4. The van der Waals surface area contributed by atoms with Crippen molar-refractivity contribution in [2.75, 3.05) is 9.80 Å². The Balaban J connectivity index is 1.39. The highest BCUT2D eigenvalue weighted by molar-refractivity contribution is 6.07. The van der Waals surface area contributed by atoms with Gasteiger partial charge in [-0.1, -0.05) is 178 Å². The van der Waals surface area contributed by atoms with E-state index in [0.29, 0.717) is 0 Å². The largest absolute Gasteiger partial charge is 0.456 e. The van der Waals surface area contributed by atoms with Crippen molar-refractivity contribution < 1.29 is 4.42 Å². The Bertz CT molecular complexity index is 3030. The molecule has 8 aromatic carbocycles. The summed E-state index contributed by atoms with van der Waals surface area (Å²) in [5, 5.41) is 2.22. The molecule has 0 aliphatic carbocycles. The van der Waals surface area contributed by atoms with Gasteiger partial charge in [-0.05, 0) is 116 Å². The Hall–Kier alpha value is -6.84. The van der Waals surface area contributed by atoms with Gasteiger partial charge in [-0.2, -0.15) is 0 Å². The molecule has 0 amide bonds. The van der Waals surface area contributed by atoms with Gasteiger partial charge in [0, 0.05) is 45.2 Å². The van der Waals surface area contributed by atoms with Gasteiger partial charge in [0.25, 0.3) is 0 Å². The highest BCUT2D eigenvalue weighted by Crippen LogP contribution is 2.52. The Morgan fingerprint density at radius 1 is 0.317 bits per heavy atom. The highest BCUT2D eigenvalue weighted by Gasteiger charge is 2.29. The summed E-state index contributed by atoms with van der Waals surface area (Å²) in [6.45, 7) is 20.6. The maximum atomic E-state index is 6.60. The molecule has 1 heterocycles. The van der Waals surface area contributed by atoms with Gasteiger partial charge < -0.3 is 14.2 Å². The molecule has 314 valence electrons. The van der Waals surface area contributed by atoms with Crippen LogP contribution in [0, 0.1) is 0 Å². The molecule has 63 heavy (non-hydrogen) atoms. The highest BCUT2D eigenvalue weighted by atomic mass is 16.3. The van der Waals surface area contributed by atoms with E-state index in [1.54, 1.807) is 0 Å². The second kappa shape index (κ2) is 16.1. The molecule has 0 spiro atoms. The Morgan fingerprint density at radius 3 is 1.30 bits per heavy atom. The lowest BCUT2D eigenvalue weighted by Crippen LogP contribution is -2.20. The molecule has 0 bridgehead atoms. The number of rotatable bonds is 8. The van der Waals surface area contributed by atoms with Gasteiger partial charge in [-0.3, -0.25) is 0 Å². The zero-order chi connectivity index (χ0) is 44.1. The molecule has 0 unspecified atom stereocenters. The lowest BCUT2D eigenvalue weighted by Gasteiger charge is -2.36. The minimum Gasteiger partial charge on any atom is -0.456 e. The van der Waals surface area contributed by atoms with E-state index in [4.69, 9.17) is 4.42 Å². The first-order valence-electron chi connectivity index (χ1n) is 22.3. The van der Waals surface area contributed by atoms with E-state index in [1.165, 1.54) is 22.3 Å². The summed E-state index contributed by atoms with van der Waals surface area (Å²) >= 11 is 0. The van der Waals surface area contributed by atoms with Crippen molar-refractivity contribution in [2.45, 2.75) is 78.6 Å². The molecule has 3 nitrogen and oxygen atoms in total. The van der Waals surface area contributed by atoms with E-state index in [2.05, 4.69) is 254 Å². The zero-order valence-corrected chi connectivity index (χ0v) is 38.2. The summed E-state index contributed by atoms with van der Waals surface area (Å²) < 4.78 is 6.60. The van der Waals surface area contributed by atoms with Crippen LogP contribution in [0.4, 0.5) is 34.1 Å². The van der Waals surface area contributed by atoms with Gasteiger partial charge in [0.1, 0.15) is 11.2 Å². The van der Waals surface area contributed by atoms with E-state index in [0.717, 1.165) is 72.8 Å². The van der Waals surface area contributed by atoms with Crippen molar-refractivity contribution in [3.63, 3.8) is 0 Å².